The summed E-state index contributed by atoms with van der Waals surface area (Å²) in [6.07, 6.45) is 2.39. The van der Waals surface area contributed by atoms with Gasteiger partial charge in [-0.3, -0.25) is 0 Å². The number of ether oxygens (including phenoxy) is 2. The maximum Gasteiger partial charge on any atom is 0.335 e. The van der Waals surface area contributed by atoms with Crippen LogP contribution in [0.15, 0.2) is 53.1 Å². The third-order valence-electron chi connectivity index (χ3n) is 3.90. The molecule has 2 heterocycles. The summed E-state index contributed by atoms with van der Waals surface area (Å²) in [7, 11) is 0. The first-order valence-corrected chi connectivity index (χ1v) is 7.90. The molecule has 2 aromatic carbocycles. The zero-order valence-electron chi connectivity index (χ0n) is 13.3. The quantitative estimate of drug-likeness (QED) is 0.781. The monoisotopic (exact) mass is 337 g/mol. The fourth-order valence-electron chi connectivity index (χ4n) is 2.65. The molecule has 0 fully saturated rings. The van der Waals surface area contributed by atoms with Crippen LogP contribution in [0.2, 0.25) is 0 Å². The van der Waals surface area contributed by atoms with Crippen LogP contribution in [0, 0.1) is 0 Å². The zero-order chi connectivity index (χ0) is 17.2. The molecule has 0 saturated carbocycles. The van der Waals surface area contributed by atoms with Crippen LogP contribution in [-0.2, 0) is 0 Å². The number of aromatic carboxylic acids is 1. The molecule has 0 atom stereocenters. The van der Waals surface area contributed by atoms with E-state index in [1.54, 1.807) is 18.4 Å². The molecule has 1 aliphatic rings. The predicted octanol–water partition coefficient (Wildman–Crippen LogP) is 3.87. The molecule has 0 bridgehead atoms. The highest BCUT2D eigenvalue weighted by atomic mass is 16.5. The first-order valence-electron chi connectivity index (χ1n) is 7.90. The molecule has 1 aliphatic heterocycles. The molecule has 6 heteroatoms. The number of carboxylic acid groups (broad SMARTS) is 1. The molecule has 0 saturated heterocycles. The number of rotatable bonds is 3. The molecule has 0 unspecified atom stereocenters. The minimum absolute atomic E-state index is 0.188. The van der Waals surface area contributed by atoms with Gasteiger partial charge in [0.05, 0.1) is 18.8 Å². The minimum atomic E-state index is -0.989. The van der Waals surface area contributed by atoms with Crippen molar-refractivity contribution in [1.82, 2.24) is 4.98 Å². The Morgan fingerprint density at radius 3 is 2.68 bits per heavy atom. The average molecular weight is 337 g/mol. The van der Waals surface area contributed by atoms with Gasteiger partial charge in [0.25, 0.3) is 0 Å². The van der Waals surface area contributed by atoms with Gasteiger partial charge in [-0.2, -0.15) is 0 Å². The normalized spacial score (nSPS) is 13.3. The van der Waals surface area contributed by atoms with Gasteiger partial charge in [0, 0.05) is 17.5 Å². The Labute approximate surface area is 143 Å². The minimum Gasteiger partial charge on any atom is -0.490 e. The topological polar surface area (TPSA) is 81.8 Å². The maximum absolute atomic E-state index is 11.1. The summed E-state index contributed by atoms with van der Waals surface area (Å²) in [6.45, 7) is 1.25. The van der Waals surface area contributed by atoms with E-state index >= 15 is 0 Å². The van der Waals surface area contributed by atoms with Gasteiger partial charge in [-0.05, 0) is 36.4 Å². The van der Waals surface area contributed by atoms with Crippen LogP contribution in [0.5, 0.6) is 11.5 Å². The van der Waals surface area contributed by atoms with E-state index in [1.165, 1.54) is 12.1 Å². The Morgan fingerprint density at radius 2 is 1.84 bits per heavy atom. The fraction of sp³-hybridized carbons (Fsp3) is 0.158. The number of carboxylic acids is 1. The highest BCUT2D eigenvalue weighted by molar-refractivity contribution is 5.89. The summed E-state index contributed by atoms with van der Waals surface area (Å²) in [4.78, 5) is 15.6. The molecule has 25 heavy (non-hydrogen) atoms. The molecular weight excluding hydrogens is 322 g/mol. The van der Waals surface area contributed by atoms with E-state index in [0.717, 1.165) is 17.7 Å². The van der Waals surface area contributed by atoms with Crippen LogP contribution in [0.25, 0.3) is 22.7 Å². The van der Waals surface area contributed by atoms with E-state index in [4.69, 9.17) is 19.0 Å². The van der Waals surface area contributed by atoms with Gasteiger partial charge >= 0.3 is 5.97 Å². The molecule has 0 radical (unpaired) electrons. The predicted molar refractivity (Wildman–Crippen MR) is 89.9 cm³/mol. The van der Waals surface area contributed by atoms with Gasteiger partial charge in [-0.25, -0.2) is 9.78 Å². The molecule has 3 aromatic rings. The zero-order valence-corrected chi connectivity index (χ0v) is 13.3. The highest BCUT2D eigenvalue weighted by Crippen LogP contribution is 2.34. The van der Waals surface area contributed by atoms with Crippen LogP contribution in [-0.4, -0.2) is 29.3 Å². The first kappa shape index (κ1) is 15.3. The van der Waals surface area contributed by atoms with Crippen molar-refractivity contribution in [3.63, 3.8) is 0 Å². The third-order valence-corrected chi connectivity index (χ3v) is 3.90. The number of benzene rings is 2. The number of fused-ring (bicyclic) bond motifs is 1. The highest BCUT2D eigenvalue weighted by Gasteiger charge is 2.15. The summed E-state index contributed by atoms with van der Waals surface area (Å²) in [5, 5.41) is 9.10. The van der Waals surface area contributed by atoms with Crippen LogP contribution in [0.1, 0.15) is 16.8 Å². The van der Waals surface area contributed by atoms with Gasteiger partial charge in [0.1, 0.15) is 12.0 Å². The third kappa shape index (κ3) is 3.06. The number of oxazole rings is 1. The van der Waals surface area contributed by atoms with Gasteiger partial charge in [-0.15, -0.1) is 0 Å². The van der Waals surface area contributed by atoms with Crippen molar-refractivity contribution in [3.05, 3.63) is 54.3 Å². The Morgan fingerprint density at radius 1 is 1.00 bits per heavy atom. The van der Waals surface area contributed by atoms with Crippen molar-refractivity contribution in [2.75, 3.05) is 13.2 Å². The number of hydrogen-bond acceptors (Lipinski definition) is 5. The number of nitrogens with zero attached hydrogens (tertiary/aromatic N) is 1. The van der Waals surface area contributed by atoms with Crippen molar-refractivity contribution in [2.24, 2.45) is 0 Å². The van der Waals surface area contributed by atoms with Crippen molar-refractivity contribution < 1.29 is 23.8 Å². The van der Waals surface area contributed by atoms with Crippen LogP contribution in [0.4, 0.5) is 0 Å². The van der Waals surface area contributed by atoms with Crippen LogP contribution in [0.3, 0.4) is 0 Å². The van der Waals surface area contributed by atoms with Crippen molar-refractivity contribution >= 4 is 5.97 Å². The van der Waals surface area contributed by atoms with Crippen molar-refractivity contribution in [2.45, 2.75) is 6.42 Å². The number of aromatic nitrogens is 1. The molecule has 126 valence electrons. The van der Waals surface area contributed by atoms with Gasteiger partial charge in [-0.1, -0.05) is 6.07 Å². The average Bonchev–Trinajstić information content (AvgIpc) is 3.01. The lowest BCUT2D eigenvalue weighted by molar-refractivity contribution is 0.0697. The van der Waals surface area contributed by atoms with Gasteiger partial charge < -0.3 is 19.0 Å². The summed E-state index contributed by atoms with van der Waals surface area (Å²) < 4.78 is 16.9. The number of hydrogen-bond donors (Lipinski definition) is 1. The van der Waals surface area contributed by atoms with Crippen LogP contribution >= 0.6 is 0 Å². The Bertz CT molecular complexity index is 931. The van der Waals surface area contributed by atoms with E-state index in [-0.39, 0.29) is 5.56 Å². The van der Waals surface area contributed by atoms with Crippen molar-refractivity contribution in [1.29, 1.82) is 0 Å². The molecule has 6 nitrogen and oxygen atoms in total. The second kappa shape index (κ2) is 6.32. The summed E-state index contributed by atoms with van der Waals surface area (Å²) in [5.74, 6) is 0.785. The second-order valence-corrected chi connectivity index (χ2v) is 5.64. The standard InChI is InChI=1S/C19H15NO5/c21-19(22)14-4-1-3-13(9-14)18-20-15(11-25-18)12-5-6-16-17(10-12)24-8-2-7-23-16/h1,3-6,9-11H,2,7-8H2,(H,21,22). The SMILES string of the molecule is O=C(O)c1cccc(-c2nc(-c3ccc4c(c3)OCCCO4)co2)c1. The largest absolute Gasteiger partial charge is 0.490 e. The second-order valence-electron chi connectivity index (χ2n) is 5.64. The molecule has 1 N–H and O–H groups in total. The Hall–Kier alpha value is -3.28. The lowest BCUT2D eigenvalue weighted by Gasteiger charge is -2.07. The molecule has 0 spiro atoms. The van der Waals surface area contributed by atoms with Gasteiger partial charge in [0.15, 0.2) is 11.5 Å². The smallest absolute Gasteiger partial charge is 0.335 e. The molecule has 0 amide bonds. The molecule has 0 aliphatic carbocycles. The van der Waals surface area contributed by atoms with E-state index in [1.807, 2.05) is 18.2 Å². The van der Waals surface area contributed by atoms with E-state index < -0.39 is 5.97 Å². The lowest BCUT2D eigenvalue weighted by atomic mass is 10.1. The van der Waals surface area contributed by atoms with Gasteiger partial charge in [0.2, 0.25) is 5.89 Å². The molecule has 1 aromatic heterocycles. The van der Waals surface area contributed by atoms with Crippen molar-refractivity contribution in [3.8, 4) is 34.2 Å². The summed E-state index contributed by atoms with van der Waals surface area (Å²) >= 11 is 0. The molecule has 4 rings (SSSR count). The Kier molecular flexibility index (Phi) is 3.85. The van der Waals surface area contributed by atoms with E-state index in [2.05, 4.69) is 4.98 Å². The van der Waals surface area contributed by atoms with Crippen LogP contribution < -0.4 is 9.47 Å². The Balaban J connectivity index is 1.66. The molecular formula is C19H15NO5. The van der Waals surface area contributed by atoms with E-state index in [0.29, 0.717) is 36.1 Å². The summed E-state index contributed by atoms with van der Waals surface area (Å²) in [6, 6.07) is 12.1. The van der Waals surface area contributed by atoms with E-state index in [9.17, 15) is 4.79 Å². The maximum atomic E-state index is 11.1. The summed E-state index contributed by atoms with van der Waals surface area (Å²) in [5.41, 5.74) is 2.29. The lowest BCUT2D eigenvalue weighted by Crippen LogP contribution is -1.97. The first-order chi connectivity index (χ1) is 12.2. The fourth-order valence-corrected chi connectivity index (χ4v) is 2.65. The number of carbonyl (C=O) groups is 1.